The molecule has 0 fully saturated rings. The molecule has 0 aromatic carbocycles. The van der Waals surface area contributed by atoms with Crippen molar-refractivity contribution < 1.29 is 15.0 Å². The van der Waals surface area contributed by atoms with Crippen LogP contribution in [0.3, 0.4) is 0 Å². The fourth-order valence-corrected chi connectivity index (χ4v) is 0.740. The molecule has 0 bridgehead atoms. The van der Waals surface area contributed by atoms with E-state index in [0.717, 1.165) is 0 Å². The molecule has 1 amide bonds. The standard InChI is InChI=1S/C6H14N2O3/c1-8-4(6(10)11)2-3-5(7)9/h4,6,8,10-11H,2-3H2,1H3,(H2,7,9)/t4-/m0/s1. The van der Waals surface area contributed by atoms with E-state index in [1.807, 2.05) is 0 Å². The summed E-state index contributed by atoms with van der Waals surface area (Å²) >= 11 is 0. The maximum Gasteiger partial charge on any atom is 0.217 e. The van der Waals surface area contributed by atoms with Crippen LogP contribution < -0.4 is 11.1 Å². The summed E-state index contributed by atoms with van der Waals surface area (Å²) in [6.07, 6.45) is -0.952. The van der Waals surface area contributed by atoms with Crippen LogP contribution in [-0.2, 0) is 4.79 Å². The molecule has 0 unspecified atom stereocenters. The number of likely N-dealkylation sites (N-methyl/N-ethyl adjacent to an activating group) is 1. The first-order valence-electron chi connectivity index (χ1n) is 3.39. The Balaban J connectivity index is 3.61. The van der Waals surface area contributed by atoms with Crippen molar-refractivity contribution in [3.05, 3.63) is 0 Å². The molecule has 66 valence electrons. The molecule has 5 N–H and O–H groups in total. The van der Waals surface area contributed by atoms with Crippen molar-refractivity contribution in [2.75, 3.05) is 7.05 Å². The molecule has 0 spiro atoms. The van der Waals surface area contributed by atoms with Gasteiger partial charge in [-0.3, -0.25) is 4.79 Å². The van der Waals surface area contributed by atoms with Gasteiger partial charge in [-0.05, 0) is 13.5 Å². The molecule has 5 nitrogen and oxygen atoms in total. The van der Waals surface area contributed by atoms with E-state index in [1.54, 1.807) is 7.05 Å². The quantitative estimate of drug-likeness (QED) is 0.357. The van der Waals surface area contributed by atoms with E-state index in [-0.39, 0.29) is 6.42 Å². The number of carbonyl (C=O) groups is 1. The summed E-state index contributed by atoms with van der Waals surface area (Å²) in [5, 5.41) is 20.0. The molecule has 0 heterocycles. The van der Waals surface area contributed by atoms with Gasteiger partial charge in [0.1, 0.15) is 0 Å². The van der Waals surface area contributed by atoms with Crippen molar-refractivity contribution in [2.24, 2.45) is 5.73 Å². The maximum absolute atomic E-state index is 10.3. The Kier molecular flexibility index (Phi) is 4.76. The number of aliphatic hydroxyl groups excluding tert-OH is 1. The van der Waals surface area contributed by atoms with Crippen LogP contribution in [0.5, 0.6) is 0 Å². The van der Waals surface area contributed by atoms with Crippen molar-refractivity contribution >= 4 is 5.91 Å². The Morgan fingerprint density at radius 3 is 2.45 bits per heavy atom. The zero-order valence-electron chi connectivity index (χ0n) is 6.45. The number of rotatable bonds is 5. The van der Waals surface area contributed by atoms with Gasteiger partial charge in [0.05, 0.1) is 6.04 Å². The molecular weight excluding hydrogens is 148 g/mol. The van der Waals surface area contributed by atoms with E-state index in [4.69, 9.17) is 15.9 Å². The average Bonchev–Trinajstić information content (AvgIpc) is 1.87. The first-order valence-corrected chi connectivity index (χ1v) is 3.39. The van der Waals surface area contributed by atoms with Crippen molar-refractivity contribution in [1.29, 1.82) is 0 Å². The van der Waals surface area contributed by atoms with Crippen LogP contribution in [0.2, 0.25) is 0 Å². The zero-order chi connectivity index (χ0) is 8.85. The predicted molar refractivity (Wildman–Crippen MR) is 39.5 cm³/mol. The lowest BCUT2D eigenvalue weighted by Crippen LogP contribution is -2.38. The molecule has 0 aromatic heterocycles. The second-order valence-corrected chi connectivity index (χ2v) is 2.31. The minimum Gasteiger partial charge on any atom is -0.370 e. The van der Waals surface area contributed by atoms with Crippen molar-refractivity contribution in [1.82, 2.24) is 5.32 Å². The molecule has 11 heavy (non-hydrogen) atoms. The molecule has 0 aliphatic carbocycles. The maximum atomic E-state index is 10.3. The van der Waals surface area contributed by atoms with Crippen molar-refractivity contribution in [2.45, 2.75) is 25.2 Å². The van der Waals surface area contributed by atoms with Gasteiger partial charge in [0.2, 0.25) is 5.91 Å². The minimum atomic E-state index is -1.45. The topological polar surface area (TPSA) is 95.6 Å². The molecule has 0 radical (unpaired) electrons. The summed E-state index contributed by atoms with van der Waals surface area (Å²) in [7, 11) is 1.59. The SMILES string of the molecule is CN[C@@H](CCC(N)=O)C(O)O. The van der Waals surface area contributed by atoms with Crippen LogP contribution >= 0.6 is 0 Å². The number of amides is 1. The fourth-order valence-electron chi connectivity index (χ4n) is 0.740. The smallest absolute Gasteiger partial charge is 0.217 e. The second kappa shape index (κ2) is 5.06. The number of nitrogens with one attached hydrogen (secondary N) is 1. The number of primary amides is 1. The van der Waals surface area contributed by atoms with Gasteiger partial charge in [-0.2, -0.15) is 0 Å². The van der Waals surface area contributed by atoms with Crippen molar-refractivity contribution in [3.8, 4) is 0 Å². The monoisotopic (exact) mass is 162 g/mol. The second-order valence-electron chi connectivity index (χ2n) is 2.31. The number of hydrogen-bond donors (Lipinski definition) is 4. The highest BCUT2D eigenvalue weighted by atomic mass is 16.5. The first-order chi connectivity index (χ1) is 5.07. The summed E-state index contributed by atoms with van der Waals surface area (Å²) in [5.41, 5.74) is 4.87. The highest BCUT2D eigenvalue weighted by Crippen LogP contribution is 1.98. The number of carbonyl (C=O) groups excluding carboxylic acids is 1. The molecule has 5 heteroatoms. The average molecular weight is 162 g/mol. The summed E-state index contributed by atoms with van der Waals surface area (Å²) in [6.45, 7) is 0. The largest absolute Gasteiger partial charge is 0.370 e. The summed E-state index contributed by atoms with van der Waals surface area (Å²) in [6, 6.07) is -0.484. The summed E-state index contributed by atoms with van der Waals surface area (Å²) in [5.74, 6) is -0.439. The molecule has 0 aliphatic rings. The van der Waals surface area contributed by atoms with Crippen molar-refractivity contribution in [3.63, 3.8) is 0 Å². The van der Waals surface area contributed by atoms with E-state index in [0.29, 0.717) is 6.42 Å². The van der Waals surface area contributed by atoms with Gasteiger partial charge in [-0.15, -0.1) is 0 Å². The van der Waals surface area contributed by atoms with Gasteiger partial charge in [0.15, 0.2) is 6.29 Å². The van der Waals surface area contributed by atoms with Crippen LogP contribution in [0, 0.1) is 0 Å². The summed E-state index contributed by atoms with van der Waals surface area (Å²) < 4.78 is 0. The van der Waals surface area contributed by atoms with E-state index >= 15 is 0 Å². The van der Waals surface area contributed by atoms with Gasteiger partial charge in [-0.25, -0.2) is 0 Å². The highest BCUT2D eigenvalue weighted by molar-refractivity contribution is 5.73. The molecule has 0 saturated carbocycles. The molecule has 0 rings (SSSR count). The van der Waals surface area contributed by atoms with E-state index in [9.17, 15) is 4.79 Å². The van der Waals surface area contributed by atoms with Crippen LogP contribution in [0.15, 0.2) is 0 Å². The first kappa shape index (κ1) is 10.3. The molecule has 0 aromatic rings. The number of hydrogen-bond acceptors (Lipinski definition) is 4. The van der Waals surface area contributed by atoms with E-state index < -0.39 is 18.2 Å². The Labute approximate surface area is 65.2 Å². The molecule has 0 saturated heterocycles. The van der Waals surface area contributed by atoms with Crippen LogP contribution in [0.25, 0.3) is 0 Å². The fraction of sp³-hybridized carbons (Fsp3) is 0.833. The van der Waals surface area contributed by atoms with Gasteiger partial charge < -0.3 is 21.3 Å². The third kappa shape index (κ3) is 4.72. The van der Waals surface area contributed by atoms with E-state index in [2.05, 4.69) is 5.32 Å². The lowest BCUT2D eigenvalue weighted by atomic mass is 10.1. The Bertz CT molecular complexity index is 127. The van der Waals surface area contributed by atoms with Gasteiger partial charge in [-0.1, -0.05) is 0 Å². The lowest BCUT2D eigenvalue weighted by Gasteiger charge is -2.16. The number of nitrogens with two attached hydrogens (primary N) is 1. The summed E-state index contributed by atoms with van der Waals surface area (Å²) in [4.78, 5) is 10.3. The van der Waals surface area contributed by atoms with Crippen LogP contribution in [-0.4, -0.2) is 35.5 Å². The zero-order valence-corrected chi connectivity index (χ0v) is 6.45. The molecular formula is C6H14N2O3. The Morgan fingerprint density at radius 1 is 1.64 bits per heavy atom. The highest BCUT2D eigenvalue weighted by Gasteiger charge is 2.14. The lowest BCUT2D eigenvalue weighted by molar-refractivity contribution is -0.119. The molecule has 0 aliphatic heterocycles. The number of aliphatic hydroxyl groups is 2. The van der Waals surface area contributed by atoms with Crippen LogP contribution in [0.4, 0.5) is 0 Å². The van der Waals surface area contributed by atoms with Gasteiger partial charge in [0.25, 0.3) is 0 Å². The van der Waals surface area contributed by atoms with Gasteiger partial charge >= 0.3 is 0 Å². The predicted octanol–water partition coefficient (Wildman–Crippen LogP) is -1.85. The van der Waals surface area contributed by atoms with Gasteiger partial charge in [0, 0.05) is 6.42 Å². The molecule has 1 atom stereocenters. The normalized spacial score (nSPS) is 13.5. The Hall–Kier alpha value is -0.650. The van der Waals surface area contributed by atoms with E-state index in [1.165, 1.54) is 0 Å². The third-order valence-corrected chi connectivity index (χ3v) is 1.43. The van der Waals surface area contributed by atoms with Crippen LogP contribution in [0.1, 0.15) is 12.8 Å². The Morgan fingerprint density at radius 2 is 2.18 bits per heavy atom. The third-order valence-electron chi connectivity index (χ3n) is 1.43. The minimum absolute atomic E-state index is 0.156.